The van der Waals surface area contributed by atoms with Gasteiger partial charge in [0.15, 0.2) is 0 Å². The highest BCUT2D eigenvalue weighted by molar-refractivity contribution is 5.76. The van der Waals surface area contributed by atoms with E-state index in [2.05, 4.69) is 24.1 Å². The van der Waals surface area contributed by atoms with Gasteiger partial charge in [-0.2, -0.15) is 0 Å². The van der Waals surface area contributed by atoms with Crippen LogP contribution in [0.1, 0.15) is 39.5 Å². The Morgan fingerprint density at radius 1 is 1.40 bits per heavy atom. The van der Waals surface area contributed by atoms with Crippen LogP contribution in [-0.2, 0) is 4.79 Å². The molecule has 15 heavy (non-hydrogen) atoms. The number of hydrogen-bond donors (Lipinski definition) is 1. The van der Waals surface area contributed by atoms with Gasteiger partial charge < -0.3 is 10.2 Å². The van der Waals surface area contributed by atoms with Gasteiger partial charge in [0.05, 0.1) is 0 Å². The molecule has 1 saturated carbocycles. The monoisotopic (exact) mass is 210 g/mol. The van der Waals surface area contributed by atoms with Crippen molar-refractivity contribution in [1.82, 2.24) is 10.2 Å². The van der Waals surface area contributed by atoms with Crippen molar-refractivity contribution in [3.8, 4) is 0 Å². The highest BCUT2D eigenvalue weighted by atomic mass is 16.2. The molecule has 0 bridgehead atoms. The van der Waals surface area contributed by atoms with Gasteiger partial charge in [-0.15, -0.1) is 0 Å². The smallest absolute Gasteiger partial charge is 0.222 e. The zero-order chi connectivity index (χ0) is 10.8. The van der Waals surface area contributed by atoms with Crippen LogP contribution < -0.4 is 5.32 Å². The van der Waals surface area contributed by atoms with E-state index >= 15 is 0 Å². The number of amides is 1. The Labute approximate surface area is 92.2 Å². The molecular formula is C12H22N2O. The third-order valence-corrected chi connectivity index (χ3v) is 3.55. The largest absolute Gasteiger partial charge is 0.337 e. The van der Waals surface area contributed by atoms with E-state index in [-0.39, 0.29) is 0 Å². The van der Waals surface area contributed by atoms with Crippen molar-refractivity contribution >= 4 is 5.91 Å². The molecule has 3 heteroatoms. The summed E-state index contributed by atoms with van der Waals surface area (Å²) in [5.74, 6) is 1.23. The summed E-state index contributed by atoms with van der Waals surface area (Å²) in [4.78, 5) is 14.0. The van der Waals surface area contributed by atoms with Crippen molar-refractivity contribution in [2.24, 2.45) is 5.92 Å². The first kappa shape index (κ1) is 10.9. The van der Waals surface area contributed by atoms with Gasteiger partial charge in [-0.3, -0.25) is 4.79 Å². The molecule has 1 N–H and O–H groups in total. The molecule has 0 spiro atoms. The van der Waals surface area contributed by atoms with Crippen molar-refractivity contribution in [3.05, 3.63) is 0 Å². The first-order valence-electron chi connectivity index (χ1n) is 6.19. The van der Waals surface area contributed by atoms with Gasteiger partial charge >= 0.3 is 0 Å². The molecule has 3 nitrogen and oxygen atoms in total. The molecule has 86 valence electrons. The molecule has 1 saturated heterocycles. The molecule has 2 fully saturated rings. The summed E-state index contributed by atoms with van der Waals surface area (Å²) in [6, 6.07) is 0.818. The topological polar surface area (TPSA) is 32.3 Å². The fourth-order valence-electron chi connectivity index (χ4n) is 2.25. The first-order valence-corrected chi connectivity index (χ1v) is 6.19. The highest BCUT2D eigenvalue weighted by Gasteiger charge is 2.28. The van der Waals surface area contributed by atoms with E-state index in [1.165, 1.54) is 12.8 Å². The molecule has 2 aliphatic rings. The quantitative estimate of drug-likeness (QED) is 0.763. The third-order valence-electron chi connectivity index (χ3n) is 3.55. The Kier molecular flexibility index (Phi) is 3.29. The summed E-state index contributed by atoms with van der Waals surface area (Å²) in [5.41, 5.74) is 0. The van der Waals surface area contributed by atoms with Gasteiger partial charge in [-0.1, -0.05) is 12.8 Å². The molecule has 2 rings (SSSR count). The van der Waals surface area contributed by atoms with Gasteiger partial charge in [-0.25, -0.2) is 0 Å². The molecule has 0 radical (unpaired) electrons. The maximum absolute atomic E-state index is 12.0. The van der Waals surface area contributed by atoms with Crippen LogP contribution in [0.5, 0.6) is 0 Å². The van der Waals surface area contributed by atoms with Gasteiger partial charge in [-0.05, 0) is 26.2 Å². The number of hydrogen-bond acceptors (Lipinski definition) is 2. The summed E-state index contributed by atoms with van der Waals surface area (Å²) < 4.78 is 0. The Bertz CT molecular complexity index is 238. The van der Waals surface area contributed by atoms with Crippen LogP contribution in [-0.4, -0.2) is 36.0 Å². The van der Waals surface area contributed by atoms with Crippen LogP contribution in [0.15, 0.2) is 0 Å². The highest BCUT2D eigenvalue weighted by Crippen LogP contribution is 2.33. The first-order chi connectivity index (χ1) is 7.16. The summed E-state index contributed by atoms with van der Waals surface area (Å²) in [7, 11) is 0. The van der Waals surface area contributed by atoms with E-state index in [0.717, 1.165) is 31.8 Å². The van der Waals surface area contributed by atoms with Crippen LogP contribution in [0.25, 0.3) is 0 Å². The van der Waals surface area contributed by atoms with E-state index < -0.39 is 0 Å². The maximum Gasteiger partial charge on any atom is 0.222 e. The summed E-state index contributed by atoms with van der Waals surface area (Å²) in [6.45, 7) is 6.10. The Morgan fingerprint density at radius 3 is 2.80 bits per heavy atom. The number of nitrogens with one attached hydrogen (secondary N) is 1. The molecular weight excluding hydrogens is 188 g/mol. The maximum atomic E-state index is 12.0. The standard InChI is InChI=1S/C12H22N2O/c1-9-8-14(10(2)7-13-9)12(15)6-5-11-3-4-11/h9-11,13H,3-8H2,1-2H3. The molecule has 0 aromatic carbocycles. The minimum Gasteiger partial charge on any atom is -0.337 e. The lowest BCUT2D eigenvalue weighted by Crippen LogP contribution is -2.56. The lowest BCUT2D eigenvalue weighted by atomic mass is 10.1. The second-order valence-electron chi connectivity index (χ2n) is 5.19. The van der Waals surface area contributed by atoms with Crippen molar-refractivity contribution in [2.75, 3.05) is 13.1 Å². The zero-order valence-electron chi connectivity index (χ0n) is 9.83. The molecule has 1 aliphatic carbocycles. The second kappa shape index (κ2) is 4.52. The predicted molar refractivity (Wildman–Crippen MR) is 60.6 cm³/mol. The molecule has 2 unspecified atom stereocenters. The second-order valence-corrected chi connectivity index (χ2v) is 5.19. The fourth-order valence-corrected chi connectivity index (χ4v) is 2.25. The molecule has 2 atom stereocenters. The molecule has 0 aromatic heterocycles. The molecule has 0 aromatic rings. The van der Waals surface area contributed by atoms with Crippen LogP contribution in [0.2, 0.25) is 0 Å². The van der Waals surface area contributed by atoms with Gasteiger partial charge in [0, 0.05) is 31.6 Å². The molecule has 1 aliphatic heterocycles. The van der Waals surface area contributed by atoms with E-state index in [4.69, 9.17) is 0 Å². The number of carbonyl (C=O) groups is 1. The number of nitrogens with zero attached hydrogens (tertiary/aromatic N) is 1. The molecule has 1 amide bonds. The lowest BCUT2D eigenvalue weighted by Gasteiger charge is -2.37. The van der Waals surface area contributed by atoms with Gasteiger partial charge in [0.1, 0.15) is 0 Å². The summed E-state index contributed by atoms with van der Waals surface area (Å²) >= 11 is 0. The van der Waals surface area contributed by atoms with E-state index in [1.807, 2.05) is 0 Å². The van der Waals surface area contributed by atoms with Crippen LogP contribution in [0.3, 0.4) is 0 Å². The van der Waals surface area contributed by atoms with E-state index in [1.54, 1.807) is 0 Å². The van der Waals surface area contributed by atoms with Crippen LogP contribution in [0, 0.1) is 5.92 Å². The van der Waals surface area contributed by atoms with Gasteiger partial charge in [0.25, 0.3) is 0 Å². The zero-order valence-corrected chi connectivity index (χ0v) is 9.83. The Hall–Kier alpha value is -0.570. The Balaban J connectivity index is 1.80. The average Bonchev–Trinajstić information content (AvgIpc) is 3.02. The predicted octanol–water partition coefficient (Wildman–Crippen LogP) is 1.39. The number of carbonyl (C=O) groups excluding carboxylic acids is 1. The SMILES string of the molecule is CC1CN(C(=O)CCC2CC2)C(C)CN1. The molecule has 1 heterocycles. The van der Waals surface area contributed by atoms with Crippen molar-refractivity contribution in [2.45, 2.75) is 51.6 Å². The summed E-state index contributed by atoms with van der Waals surface area (Å²) in [5, 5.41) is 3.40. The average molecular weight is 210 g/mol. The normalized spacial score (nSPS) is 31.7. The van der Waals surface area contributed by atoms with Crippen LogP contribution >= 0.6 is 0 Å². The minimum absolute atomic E-state index is 0.364. The number of rotatable bonds is 3. The van der Waals surface area contributed by atoms with E-state index in [9.17, 15) is 4.79 Å². The van der Waals surface area contributed by atoms with Crippen molar-refractivity contribution in [1.29, 1.82) is 0 Å². The van der Waals surface area contributed by atoms with Crippen molar-refractivity contribution < 1.29 is 4.79 Å². The minimum atomic E-state index is 0.364. The summed E-state index contributed by atoms with van der Waals surface area (Å²) in [6.07, 6.45) is 4.58. The lowest BCUT2D eigenvalue weighted by molar-refractivity contribution is -0.134. The van der Waals surface area contributed by atoms with Gasteiger partial charge in [0.2, 0.25) is 5.91 Å². The van der Waals surface area contributed by atoms with E-state index in [0.29, 0.717) is 18.0 Å². The third kappa shape index (κ3) is 2.94. The van der Waals surface area contributed by atoms with Crippen molar-refractivity contribution in [3.63, 3.8) is 0 Å². The number of piperazine rings is 1. The fraction of sp³-hybridized carbons (Fsp3) is 0.917. The van der Waals surface area contributed by atoms with Crippen LogP contribution in [0.4, 0.5) is 0 Å². The Morgan fingerprint density at radius 2 is 2.13 bits per heavy atom.